The van der Waals surface area contributed by atoms with E-state index in [0.29, 0.717) is 13.1 Å². The van der Waals surface area contributed by atoms with Crippen LogP contribution in [0, 0.1) is 0 Å². The van der Waals surface area contributed by atoms with Crippen LogP contribution in [-0.4, -0.2) is 24.5 Å². The second-order valence-electron chi connectivity index (χ2n) is 3.56. The topological polar surface area (TPSA) is 41.1 Å². The van der Waals surface area contributed by atoms with Crippen molar-refractivity contribution in [1.29, 1.82) is 0 Å². The van der Waals surface area contributed by atoms with Crippen molar-refractivity contribution in [3.05, 3.63) is 0 Å². The van der Waals surface area contributed by atoms with E-state index < -0.39 is 0 Å². The summed E-state index contributed by atoms with van der Waals surface area (Å²) in [5.41, 5.74) is 0.0189. The fraction of sp³-hybridized carbons (Fsp3) is 0.875. The molecule has 0 aliphatic carbocycles. The average Bonchev–Trinajstić information content (AvgIpc) is 1.83. The minimum atomic E-state index is 0.0189. The fourth-order valence-electron chi connectivity index (χ4n) is 0.605. The summed E-state index contributed by atoms with van der Waals surface area (Å²) in [5.74, 6) is 0.0578. The van der Waals surface area contributed by atoms with Crippen LogP contribution in [0.5, 0.6) is 0 Å². The van der Waals surface area contributed by atoms with Gasteiger partial charge in [-0.1, -0.05) is 0 Å². The van der Waals surface area contributed by atoms with Gasteiger partial charge in [-0.05, 0) is 27.7 Å². The highest BCUT2D eigenvalue weighted by molar-refractivity contribution is 5.77. The van der Waals surface area contributed by atoms with Crippen LogP contribution in [0.2, 0.25) is 0 Å². The third kappa shape index (κ3) is 7.33. The molecular weight excluding hydrogens is 140 g/mol. The summed E-state index contributed by atoms with van der Waals surface area (Å²) >= 11 is 0. The number of nitrogens with one attached hydrogen (secondary N) is 2. The van der Waals surface area contributed by atoms with Gasteiger partial charge in [0.1, 0.15) is 0 Å². The predicted octanol–water partition coefficient (Wildman–Crippen LogP) is 0.511. The third-order valence-electron chi connectivity index (χ3n) is 1.15. The molecule has 0 spiro atoms. The maximum absolute atomic E-state index is 10.9. The molecule has 0 fully saturated rings. The van der Waals surface area contributed by atoms with Gasteiger partial charge in [0.2, 0.25) is 5.91 Å². The van der Waals surface area contributed by atoms with Gasteiger partial charge in [0.05, 0.1) is 6.54 Å². The monoisotopic (exact) mass is 158 g/mol. The second kappa shape index (κ2) is 4.34. The number of carbonyl (C=O) groups excluding carboxylic acids is 1. The highest BCUT2D eigenvalue weighted by Gasteiger charge is 2.09. The number of rotatable bonds is 3. The summed E-state index contributed by atoms with van der Waals surface area (Å²) in [4.78, 5) is 10.9. The zero-order valence-electron chi connectivity index (χ0n) is 7.82. The van der Waals surface area contributed by atoms with Crippen molar-refractivity contribution in [3.63, 3.8) is 0 Å². The van der Waals surface area contributed by atoms with Gasteiger partial charge in [0, 0.05) is 12.1 Å². The lowest BCUT2D eigenvalue weighted by Gasteiger charge is -2.19. The molecule has 66 valence electrons. The van der Waals surface area contributed by atoms with Crippen molar-refractivity contribution in [2.24, 2.45) is 0 Å². The molecular formula is C8H18N2O. The lowest BCUT2D eigenvalue weighted by molar-refractivity contribution is -0.120. The Hall–Kier alpha value is -0.570. The molecule has 0 aromatic rings. The Morgan fingerprint density at radius 3 is 2.27 bits per heavy atom. The van der Waals surface area contributed by atoms with E-state index in [2.05, 4.69) is 10.6 Å². The van der Waals surface area contributed by atoms with Gasteiger partial charge in [-0.2, -0.15) is 0 Å². The quantitative estimate of drug-likeness (QED) is 0.628. The first-order valence-electron chi connectivity index (χ1n) is 3.97. The number of hydrogen-bond acceptors (Lipinski definition) is 2. The lowest BCUT2D eigenvalue weighted by atomic mass is 10.1. The molecule has 0 saturated carbocycles. The number of amides is 1. The average molecular weight is 158 g/mol. The van der Waals surface area contributed by atoms with Crippen LogP contribution in [0.3, 0.4) is 0 Å². The van der Waals surface area contributed by atoms with E-state index in [9.17, 15) is 4.79 Å². The summed E-state index contributed by atoms with van der Waals surface area (Å²) in [5, 5.41) is 5.81. The highest BCUT2D eigenvalue weighted by Crippen LogP contribution is 1.96. The molecule has 0 aliphatic heterocycles. The van der Waals surface area contributed by atoms with Gasteiger partial charge in [0.25, 0.3) is 0 Å². The van der Waals surface area contributed by atoms with Crippen LogP contribution in [-0.2, 0) is 4.79 Å². The summed E-state index contributed by atoms with van der Waals surface area (Å²) in [6.07, 6.45) is 0. The number of carbonyl (C=O) groups is 1. The fourth-order valence-corrected chi connectivity index (χ4v) is 0.605. The largest absolute Gasteiger partial charge is 0.355 e. The van der Waals surface area contributed by atoms with Crippen molar-refractivity contribution in [2.75, 3.05) is 13.1 Å². The van der Waals surface area contributed by atoms with E-state index in [0.717, 1.165) is 0 Å². The number of likely N-dealkylation sites (N-methyl/N-ethyl adjacent to an activating group) is 1. The number of hydrogen-bond donors (Lipinski definition) is 2. The van der Waals surface area contributed by atoms with E-state index in [-0.39, 0.29) is 11.4 Å². The molecule has 0 atom stereocenters. The highest BCUT2D eigenvalue weighted by atomic mass is 16.1. The molecule has 3 nitrogen and oxygen atoms in total. The molecule has 0 aromatic carbocycles. The van der Waals surface area contributed by atoms with Gasteiger partial charge in [-0.3, -0.25) is 4.79 Å². The lowest BCUT2D eigenvalue weighted by Crippen LogP contribution is -2.43. The van der Waals surface area contributed by atoms with E-state index in [1.807, 2.05) is 27.7 Å². The Bertz CT molecular complexity index is 127. The van der Waals surface area contributed by atoms with E-state index in [1.165, 1.54) is 0 Å². The Balaban J connectivity index is 3.46. The van der Waals surface area contributed by atoms with Gasteiger partial charge in [-0.25, -0.2) is 0 Å². The molecule has 0 rings (SSSR count). The predicted molar refractivity (Wildman–Crippen MR) is 46.4 cm³/mol. The van der Waals surface area contributed by atoms with Crippen molar-refractivity contribution < 1.29 is 4.79 Å². The molecule has 0 bridgehead atoms. The second-order valence-corrected chi connectivity index (χ2v) is 3.56. The zero-order chi connectivity index (χ0) is 8.91. The molecule has 0 radical (unpaired) electrons. The molecule has 0 heterocycles. The van der Waals surface area contributed by atoms with E-state index >= 15 is 0 Å². The first kappa shape index (κ1) is 10.4. The first-order chi connectivity index (χ1) is 4.95. The van der Waals surface area contributed by atoms with Gasteiger partial charge in [0.15, 0.2) is 0 Å². The Morgan fingerprint density at radius 1 is 1.36 bits per heavy atom. The van der Waals surface area contributed by atoms with Crippen LogP contribution >= 0.6 is 0 Å². The zero-order valence-corrected chi connectivity index (χ0v) is 7.82. The van der Waals surface area contributed by atoms with Gasteiger partial charge in [-0.15, -0.1) is 0 Å². The summed E-state index contributed by atoms with van der Waals surface area (Å²) < 4.78 is 0. The molecule has 0 aliphatic rings. The minimum absolute atomic E-state index is 0.0189. The van der Waals surface area contributed by atoms with Crippen molar-refractivity contribution in [1.82, 2.24) is 10.6 Å². The van der Waals surface area contributed by atoms with Crippen LogP contribution in [0.25, 0.3) is 0 Å². The summed E-state index contributed by atoms with van der Waals surface area (Å²) in [7, 11) is 0. The maximum atomic E-state index is 10.9. The Labute approximate surface area is 68.6 Å². The smallest absolute Gasteiger partial charge is 0.233 e. The molecule has 3 heteroatoms. The molecule has 0 unspecified atom stereocenters. The van der Waals surface area contributed by atoms with Crippen LogP contribution in [0.15, 0.2) is 0 Å². The molecule has 2 N–H and O–H groups in total. The van der Waals surface area contributed by atoms with E-state index in [1.54, 1.807) is 0 Å². The van der Waals surface area contributed by atoms with Crippen LogP contribution in [0.4, 0.5) is 0 Å². The van der Waals surface area contributed by atoms with Gasteiger partial charge < -0.3 is 10.6 Å². The van der Waals surface area contributed by atoms with E-state index in [4.69, 9.17) is 0 Å². The third-order valence-corrected chi connectivity index (χ3v) is 1.15. The maximum Gasteiger partial charge on any atom is 0.233 e. The van der Waals surface area contributed by atoms with Crippen molar-refractivity contribution in [3.8, 4) is 0 Å². The first-order valence-corrected chi connectivity index (χ1v) is 3.97. The Kier molecular flexibility index (Phi) is 4.11. The standard InChI is InChI=1S/C8H18N2O/c1-5-9-7(11)6-10-8(2,3)4/h10H,5-6H2,1-4H3,(H,9,11). The molecule has 11 heavy (non-hydrogen) atoms. The molecule has 0 saturated heterocycles. The van der Waals surface area contributed by atoms with Crippen LogP contribution in [0.1, 0.15) is 27.7 Å². The molecule has 1 amide bonds. The van der Waals surface area contributed by atoms with Crippen molar-refractivity contribution >= 4 is 5.91 Å². The SMILES string of the molecule is CCNC(=O)CNC(C)(C)C. The minimum Gasteiger partial charge on any atom is -0.355 e. The summed E-state index contributed by atoms with van der Waals surface area (Å²) in [6.45, 7) is 9.11. The molecule has 0 aromatic heterocycles. The van der Waals surface area contributed by atoms with Crippen molar-refractivity contribution in [2.45, 2.75) is 33.2 Å². The normalized spacial score (nSPS) is 11.3. The summed E-state index contributed by atoms with van der Waals surface area (Å²) in [6, 6.07) is 0. The van der Waals surface area contributed by atoms with Crippen LogP contribution < -0.4 is 10.6 Å². The Morgan fingerprint density at radius 2 is 1.91 bits per heavy atom. The van der Waals surface area contributed by atoms with Gasteiger partial charge >= 0.3 is 0 Å².